The van der Waals surface area contributed by atoms with Crippen LogP contribution in [0, 0.1) is 0 Å². The molecule has 1 fully saturated rings. The fraction of sp³-hybridized carbons (Fsp3) is 0.565. The van der Waals surface area contributed by atoms with Gasteiger partial charge in [-0.05, 0) is 25.3 Å². The molecule has 30 heavy (non-hydrogen) atoms. The Balaban J connectivity index is 0.00000320. The summed E-state index contributed by atoms with van der Waals surface area (Å²) < 4.78 is 5.86. The second kappa shape index (κ2) is 11.1. The number of oxazole rings is 1. The molecule has 2 aromatic rings. The van der Waals surface area contributed by atoms with Crippen molar-refractivity contribution in [2.75, 3.05) is 13.6 Å². The van der Waals surface area contributed by atoms with Gasteiger partial charge in [-0.1, -0.05) is 51.1 Å². The number of hydrogen-bond donors (Lipinski definition) is 2. The summed E-state index contributed by atoms with van der Waals surface area (Å²) >= 11 is 0. The summed E-state index contributed by atoms with van der Waals surface area (Å²) in [5.41, 5.74) is 1.35. The molecule has 3 rings (SSSR count). The number of halogens is 1. The Labute approximate surface area is 198 Å². The van der Waals surface area contributed by atoms with Gasteiger partial charge < -0.3 is 15.1 Å². The van der Waals surface area contributed by atoms with Crippen molar-refractivity contribution in [3.63, 3.8) is 0 Å². The highest BCUT2D eigenvalue weighted by Gasteiger charge is 2.26. The van der Waals surface area contributed by atoms with E-state index in [1.165, 1.54) is 5.56 Å². The van der Waals surface area contributed by atoms with Crippen molar-refractivity contribution in [3.8, 4) is 0 Å². The van der Waals surface area contributed by atoms with Crippen molar-refractivity contribution in [1.82, 2.24) is 20.5 Å². The van der Waals surface area contributed by atoms with Crippen LogP contribution in [0.5, 0.6) is 0 Å². The Bertz CT molecular complexity index is 799. The normalized spacial score (nSPS) is 20.5. The number of nitrogens with one attached hydrogen (secondary N) is 2. The monoisotopic (exact) mass is 525 g/mol. The van der Waals surface area contributed by atoms with Gasteiger partial charge >= 0.3 is 0 Å². The van der Waals surface area contributed by atoms with Crippen molar-refractivity contribution in [2.24, 2.45) is 4.99 Å². The molecule has 1 aromatic heterocycles. The minimum Gasteiger partial charge on any atom is -0.443 e. The van der Waals surface area contributed by atoms with E-state index in [0.29, 0.717) is 24.5 Å². The Morgan fingerprint density at radius 3 is 2.60 bits per heavy atom. The molecule has 166 valence electrons. The number of likely N-dealkylation sites (tertiary alicyclic amines) is 1. The molecule has 0 saturated carbocycles. The standard InChI is InChI=1S/C23H35N5O.HI/c1-17-13-19(11-12-28(17)16-18-9-7-6-8-10-18)27-22(24-5)26-15-21-25-14-20(29-21)23(2,3)4;/h6-10,14,17,19H,11-13,15-16H2,1-5H3,(H2,24,26,27);1H. The fourth-order valence-electron chi connectivity index (χ4n) is 3.69. The summed E-state index contributed by atoms with van der Waals surface area (Å²) in [6, 6.07) is 11.7. The number of benzene rings is 1. The molecule has 2 N–H and O–H groups in total. The third-order valence-electron chi connectivity index (χ3n) is 5.51. The smallest absolute Gasteiger partial charge is 0.213 e. The predicted molar refractivity (Wildman–Crippen MR) is 133 cm³/mol. The van der Waals surface area contributed by atoms with Crippen LogP contribution in [0.25, 0.3) is 0 Å². The van der Waals surface area contributed by atoms with Crippen molar-refractivity contribution < 1.29 is 4.42 Å². The first-order valence-electron chi connectivity index (χ1n) is 10.6. The van der Waals surface area contributed by atoms with Crippen LogP contribution in [0.1, 0.15) is 57.8 Å². The number of piperidine rings is 1. The maximum atomic E-state index is 5.86. The molecule has 0 aliphatic carbocycles. The molecule has 2 heterocycles. The van der Waals surface area contributed by atoms with Crippen LogP contribution >= 0.6 is 24.0 Å². The number of aliphatic imine (C=N–C) groups is 1. The van der Waals surface area contributed by atoms with Crippen LogP contribution in [-0.4, -0.2) is 41.5 Å². The molecule has 0 amide bonds. The molecule has 6 nitrogen and oxygen atoms in total. The highest BCUT2D eigenvalue weighted by atomic mass is 127. The quantitative estimate of drug-likeness (QED) is 0.346. The van der Waals surface area contributed by atoms with Gasteiger partial charge in [-0.2, -0.15) is 0 Å². The molecule has 2 atom stereocenters. The van der Waals surface area contributed by atoms with Gasteiger partial charge in [0.25, 0.3) is 0 Å². The summed E-state index contributed by atoms with van der Waals surface area (Å²) in [4.78, 5) is 11.3. The van der Waals surface area contributed by atoms with Crippen LogP contribution in [0.3, 0.4) is 0 Å². The summed E-state index contributed by atoms with van der Waals surface area (Å²) in [5, 5.41) is 6.90. The van der Waals surface area contributed by atoms with Crippen LogP contribution in [0.2, 0.25) is 0 Å². The van der Waals surface area contributed by atoms with E-state index in [4.69, 9.17) is 4.42 Å². The van der Waals surface area contributed by atoms with E-state index >= 15 is 0 Å². The SMILES string of the molecule is CN=C(NCc1ncc(C(C)(C)C)o1)NC1CCN(Cc2ccccc2)C(C)C1.I. The lowest BCUT2D eigenvalue weighted by Gasteiger charge is -2.38. The maximum Gasteiger partial charge on any atom is 0.213 e. The molecular weight excluding hydrogens is 489 g/mol. The minimum absolute atomic E-state index is 0. The first kappa shape index (κ1) is 24.7. The summed E-state index contributed by atoms with van der Waals surface area (Å²) in [5.74, 6) is 2.38. The van der Waals surface area contributed by atoms with Gasteiger partial charge in [0.1, 0.15) is 5.76 Å². The molecule has 2 unspecified atom stereocenters. The van der Waals surface area contributed by atoms with E-state index in [2.05, 4.69) is 83.5 Å². The molecule has 1 saturated heterocycles. The van der Waals surface area contributed by atoms with Gasteiger partial charge in [-0.3, -0.25) is 9.89 Å². The Hall–Kier alpha value is -1.61. The summed E-state index contributed by atoms with van der Waals surface area (Å²) in [7, 11) is 1.81. The Morgan fingerprint density at radius 2 is 2.00 bits per heavy atom. The molecule has 1 aliphatic heterocycles. The van der Waals surface area contributed by atoms with Crippen molar-refractivity contribution in [2.45, 2.75) is 71.1 Å². The van der Waals surface area contributed by atoms with Crippen molar-refractivity contribution >= 4 is 29.9 Å². The molecule has 0 bridgehead atoms. The maximum absolute atomic E-state index is 5.86. The number of guanidine groups is 1. The van der Waals surface area contributed by atoms with Gasteiger partial charge in [0.05, 0.1) is 12.7 Å². The third-order valence-corrected chi connectivity index (χ3v) is 5.51. The highest BCUT2D eigenvalue weighted by Crippen LogP contribution is 2.23. The highest BCUT2D eigenvalue weighted by molar-refractivity contribution is 14.0. The lowest BCUT2D eigenvalue weighted by Crippen LogP contribution is -2.51. The first-order valence-corrected chi connectivity index (χ1v) is 10.6. The van der Waals surface area contributed by atoms with Crippen LogP contribution in [0.4, 0.5) is 0 Å². The first-order chi connectivity index (χ1) is 13.8. The van der Waals surface area contributed by atoms with E-state index in [9.17, 15) is 0 Å². The number of hydrogen-bond acceptors (Lipinski definition) is 4. The van der Waals surface area contributed by atoms with Gasteiger partial charge in [0.15, 0.2) is 5.96 Å². The van der Waals surface area contributed by atoms with Crippen molar-refractivity contribution in [3.05, 3.63) is 53.7 Å². The van der Waals surface area contributed by atoms with Crippen LogP contribution in [0.15, 0.2) is 45.9 Å². The third kappa shape index (κ3) is 6.97. The zero-order valence-corrected chi connectivity index (χ0v) is 21.1. The van der Waals surface area contributed by atoms with E-state index in [1.807, 2.05) is 6.20 Å². The second-order valence-corrected chi connectivity index (χ2v) is 8.96. The van der Waals surface area contributed by atoms with Gasteiger partial charge in [-0.25, -0.2) is 4.98 Å². The van der Waals surface area contributed by atoms with E-state index < -0.39 is 0 Å². The molecule has 0 radical (unpaired) electrons. The summed E-state index contributed by atoms with van der Waals surface area (Å²) in [6.07, 6.45) is 4.02. The van der Waals surface area contributed by atoms with Gasteiger partial charge in [-0.15, -0.1) is 24.0 Å². The molecule has 7 heteroatoms. The number of aromatic nitrogens is 1. The minimum atomic E-state index is -0.0327. The molecule has 1 aliphatic rings. The van der Waals surface area contributed by atoms with Gasteiger partial charge in [0.2, 0.25) is 5.89 Å². The Kier molecular flexibility index (Phi) is 9.15. The number of rotatable bonds is 5. The largest absolute Gasteiger partial charge is 0.443 e. The lowest BCUT2D eigenvalue weighted by molar-refractivity contribution is 0.134. The molecule has 1 aromatic carbocycles. The van der Waals surface area contributed by atoms with Crippen LogP contribution in [-0.2, 0) is 18.5 Å². The van der Waals surface area contributed by atoms with Crippen molar-refractivity contribution in [1.29, 1.82) is 0 Å². The number of nitrogens with zero attached hydrogens (tertiary/aromatic N) is 3. The molecule has 0 spiro atoms. The average Bonchev–Trinajstić information content (AvgIpc) is 3.17. The van der Waals surface area contributed by atoms with E-state index in [-0.39, 0.29) is 29.4 Å². The second-order valence-electron chi connectivity index (χ2n) is 8.96. The average molecular weight is 525 g/mol. The zero-order chi connectivity index (χ0) is 20.9. The zero-order valence-electron chi connectivity index (χ0n) is 18.8. The summed E-state index contributed by atoms with van der Waals surface area (Å²) in [6.45, 7) is 11.3. The van der Waals surface area contributed by atoms with E-state index in [0.717, 1.165) is 37.7 Å². The lowest BCUT2D eigenvalue weighted by atomic mass is 9.94. The van der Waals surface area contributed by atoms with Crippen LogP contribution < -0.4 is 10.6 Å². The molecular formula is C23H36IN5O. The van der Waals surface area contributed by atoms with Gasteiger partial charge in [0, 0.05) is 37.6 Å². The predicted octanol–water partition coefficient (Wildman–Crippen LogP) is 4.31. The van der Waals surface area contributed by atoms with E-state index in [1.54, 1.807) is 7.05 Å². The topological polar surface area (TPSA) is 65.7 Å². The fourth-order valence-corrected chi connectivity index (χ4v) is 3.69. The Morgan fingerprint density at radius 1 is 1.27 bits per heavy atom.